The number of thiophene rings is 1. The zero-order valence-corrected chi connectivity index (χ0v) is 18.2. The molecule has 0 aliphatic carbocycles. The van der Waals surface area contributed by atoms with Gasteiger partial charge in [-0.05, 0) is 67.2 Å². The van der Waals surface area contributed by atoms with Crippen LogP contribution in [0.4, 0.5) is 11.4 Å². The Morgan fingerprint density at radius 1 is 1.06 bits per heavy atom. The van der Waals surface area contributed by atoms with Gasteiger partial charge in [-0.15, -0.1) is 11.3 Å². The third-order valence-corrected chi connectivity index (χ3v) is 6.34. The zero-order valence-electron chi connectivity index (χ0n) is 17.3. The molecule has 0 radical (unpaired) electrons. The van der Waals surface area contributed by atoms with Crippen molar-refractivity contribution in [2.45, 2.75) is 18.9 Å². The fraction of sp³-hybridized carbons (Fsp3) is 0.250. The van der Waals surface area contributed by atoms with Gasteiger partial charge in [0.2, 0.25) is 5.91 Å². The van der Waals surface area contributed by atoms with E-state index in [0.717, 1.165) is 19.4 Å². The van der Waals surface area contributed by atoms with Gasteiger partial charge in [0.15, 0.2) is 0 Å². The van der Waals surface area contributed by atoms with Gasteiger partial charge in [0.25, 0.3) is 5.91 Å². The first kappa shape index (κ1) is 21.1. The smallest absolute Gasteiger partial charge is 0.255 e. The molecule has 7 heteroatoms. The van der Waals surface area contributed by atoms with Crippen LogP contribution in [0.5, 0.6) is 5.75 Å². The highest BCUT2D eigenvalue weighted by Crippen LogP contribution is 2.34. The molecule has 1 atom stereocenters. The number of para-hydroxylation sites is 2. The Morgan fingerprint density at radius 2 is 1.87 bits per heavy atom. The number of carbonyl (C=O) groups excluding carboxylic acids is 2. The minimum atomic E-state index is -0.238. The van der Waals surface area contributed by atoms with E-state index in [4.69, 9.17) is 4.74 Å². The van der Waals surface area contributed by atoms with Gasteiger partial charge in [-0.3, -0.25) is 14.5 Å². The van der Waals surface area contributed by atoms with Crippen LogP contribution >= 0.6 is 11.3 Å². The van der Waals surface area contributed by atoms with E-state index in [1.54, 1.807) is 54.8 Å². The Morgan fingerprint density at radius 3 is 2.61 bits per heavy atom. The van der Waals surface area contributed by atoms with E-state index in [1.165, 1.54) is 4.88 Å². The van der Waals surface area contributed by atoms with E-state index in [9.17, 15) is 9.59 Å². The second kappa shape index (κ2) is 9.76. The molecule has 2 heterocycles. The predicted molar refractivity (Wildman–Crippen MR) is 124 cm³/mol. The number of nitrogens with one attached hydrogen (secondary N) is 2. The first-order valence-electron chi connectivity index (χ1n) is 10.3. The summed E-state index contributed by atoms with van der Waals surface area (Å²) in [6, 6.07) is 18.7. The van der Waals surface area contributed by atoms with Crippen LogP contribution in [0, 0.1) is 0 Å². The average Bonchev–Trinajstić information content (AvgIpc) is 3.46. The number of hydrogen-bond acceptors (Lipinski definition) is 5. The maximum Gasteiger partial charge on any atom is 0.255 e. The van der Waals surface area contributed by atoms with Crippen LogP contribution in [0.1, 0.15) is 34.1 Å². The zero-order chi connectivity index (χ0) is 21.6. The summed E-state index contributed by atoms with van der Waals surface area (Å²) in [5.41, 5.74) is 1.78. The number of rotatable bonds is 7. The molecule has 31 heavy (non-hydrogen) atoms. The lowest BCUT2D eigenvalue weighted by Gasteiger charge is -2.22. The Balaban J connectivity index is 1.34. The maximum atomic E-state index is 12.6. The van der Waals surface area contributed by atoms with Crippen molar-refractivity contribution in [3.63, 3.8) is 0 Å². The minimum Gasteiger partial charge on any atom is -0.495 e. The number of anilines is 2. The fourth-order valence-corrected chi connectivity index (χ4v) is 4.75. The molecule has 1 aliphatic heterocycles. The van der Waals surface area contributed by atoms with E-state index in [2.05, 4.69) is 33.0 Å². The summed E-state index contributed by atoms with van der Waals surface area (Å²) in [4.78, 5) is 28.7. The summed E-state index contributed by atoms with van der Waals surface area (Å²) >= 11 is 1.74. The number of benzene rings is 2. The van der Waals surface area contributed by atoms with Crippen LogP contribution < -0.4 is 15.4 Å². The summed E-state index contributed by atoms with van der Waals surface area (Å²) in [5, 5.41) is 7.87. The van der Waals surface area contributed by atoms with Crippen molar-refractivity contribution in [3.8, 4) is 5.75 Å². The number of hydrogen-bond donors (Lipinski definition) is 2. The van der Waals surface area contributed by atoms with Gasteiger partial charge >= 0.3 is 0 Å². The summed E-state index contributed by atoms with van der Waals surface area (Å²) in [6.07, 6.45) is 2.19. The van der Waals surface area contributed by atoms with Crippen LogP contribution in [0.3, 0.4) is 0 Å². The molecule has 6 nitrogen and oxygen atoms in total. The summed E-state index contributed by atoms with van der Waals surface area (Å²) in [6.45, 7) is 1.29. The van der Waals surface area contributed by atoms with Crippen LogP contribution in [-0.4, -0.2) is 36.9 Å². The standard InChI is InChI=1S/C24H25N3O3S/c1-30-21-8-3-2-6-19(21)26-24(29)17-10-12-18(13-11-17)25-23(28)16-27-14-4-7-20(27)22-9-5-15-31-22/h2-3,5-6,8-13,15,20H,4,7,14,16H2,1H3,(H,25,28)(H,26,29). The Labute approximate surface area is 185 Å². The third kappa shape index (κ3) is 5.13. The molecular weight excluding hydrogens is 410 g/mol. The van der Waals surface area contributed by atoms with Crippen molar-refractivity contribution < 1.29 is 14.3 Å². The molecule has 1 unspecified atom stereocenters. The monoisotopic (exact) mass is 435 g/mol. The Kier molecular flexibility index (Phi) is 6.64. The molecule has 0 spiro atoms. The Bertz CT molecular complexity index is 1030. The topological polar surface area (TPSA) is 70.7 Å². The van der Waals surface area contributed by atoms with Crippen molar-refractivity contribution in [2.24, 2.45) is 0 Å². The molecule has 2 aromatic carbocycles. The van der Waals surface area contributed by atoms with Crippen LogP contribution in [0.2, 0.25) is 0 Å². The van der Waals surface area contributed by atoms with E-state index in [-0.39, 0.29) is 11.8 Å². The largest absolute Gasteiger partial charge is 0.495 e. The molecular formula is C24H25N3O3S. The predicted octanol–water partition coefficient (Wildman–Crippen LogP) is 4.78. The Hall–Kier alpha value is -3.16. The summed E-state index contributed by atoms with van der Waals surface area (Å²) in [7, 11) is 1.56. The molecule has 1 aliphatic rings. The van der Waals surface area contributed by atoms with Gasteiger partial charge in [0, 0.05) is 22.2 Å². The van der Waals surface area contributed by atoms with Crippen molar-refractivity contribution in [1.29, 1.82) is 0 Å². The van der Waals surface area contributed by atoms with Crippen molar-refractivity contribution in [2.75, 3.05) is 30.8 Å². The normalized spacial score (nSPS) is 16.1. The number of methoxy groups -OCH3 is 1. The molecule has 2 N–H and O–H groups in total. The lowest BCUT2D eigenvalue weighted by molar-refractivity contribution is -0.117. The van der Waals surface area contributed by atoms with Gasteiger partial charge in [-0.2, -0.15) is 0 Å². The molecule has 1 saturated heterocycles. The van der Waals surface area contributed by atoms with Crippen molar-refractivity contribution in [3.05, 3.63) is 76.5 Å². The number of ether oxygens (including phenoxy) is 1. The number of likely N-dealkylation sites (tertiary alicyclic amines) is 1. The SMILES string of the molecule is COc1ccccc1NC(=O)c1ccc(NC(=O)CN2CCCC2c2cccs2)cc1. The second-order valence-electron chi connectivity index (χ2n) is 7.42. The lowest BCUT2D eigenvalue weighted by Crippen LogP contribution is -2.32. The first-order chi connectivity index (χ1) is 15.1. The van der Waals surface area contributed by atoms with E-state index < -0.39 is 0 Å². The molecule has 160 valence electrons. The van der Waals surface area contributed by atoms with Gasteiger partial charge in [0.05, 0.1) is 19.3 Å². The minimum absolute atomic E-state index is 0.0466. The fourth-order valence-electron chi connectivity index (χ4n) is 3.85. The highest BCUT2D eigenvalue weighted by Gasteiger charge is 2.28. The molecule has 2 amide bonds. The van der Waals surface area contributed by atoms with Crippen LogP contribution in [-0.2, 0) is 4.79 Å². The molecule has 1 aromatic heterocycles. The first-order valence-corrected chi connectivity index (χ1v) is 11.1. The molecule has 0 saturated carbocycles. The maximum absolute atomic E-state index is 12.6. The number of nitrogens with zero attached hydrogens (tertiary/aromatic N) is 1. The molecule has 0 bridgehead atoms. The van der Waals surface area contributed by atoms with Gasteiger partial charge in [0.1, 0.15) is 5.75 Å². The van der Waals surface area contributed by atoms with E-state index in [1.807, 2.05) is 12.1 Å². The molecule has 3 aromatic rings. The third-order valence-electron chi connectivity index (χ3n) is 5.37. The number of carbonyl (C=O) groups is 2. The van der Waals surface area contributed by atoms with Gasteiger partial charge in [-0.1, -0.05) is 18.2 Å². The van der Waals surface area contributed by atoms with Crippen molar-refractivity contribution in [1.82, 2.24) is 4.90 Å². The highest BCUT2D eigenvalue weighted by atomic mass is 32.1. The highest BCUT2D eigenvalue weighted by molar-refractivity contribution is 7.10. The van der Waals surface area contributed by atoms with Gasteiger partial charge < -0.3 is 15.4 Å². The lowest BCUT2D eigenvalue weighted by atomic mass is 10.1. The second-order valence-corrected chi connectivity index (χ2v) is 8.40. The van der Waals surface area contributed by atoms with Crippen molar-refractivity contribution >= 4 is 34.5 Å². The summed E-state index contributed by atoms with van der Waals surface area (Å²) < 4.78 is 5.27. The number of amides is 2. The van der Waals surface area contributed by atoms with Crippen LogP contribution in [0.15, 0.2) is 66.0 Å². The van der Waals surface area contributed by atoms with Gasteiger partial charge in [-0.25, -0.2) is 0 Å². The van der Waals surface area contributed by atoms with E-state index in [0.29, 0.717) is 35.3 Å². The summed E-state index contributed by atoms with van der Waals surface area (Å²) in [5.74, 6) is 0.315. The van der Waals surface area contributed by atoms with E-state index >= 15 is 0 Å². The van der Waals surface area contributed by atoms with Crippen LogP contribution in [0.25, 0.3) is 0 Å². The molecule has 1 fully saturated rings. The average molecular weight is 436 g/mol. The molecule has 4 rings (SSSR count). The quantitative estimate of drug-likeness (QED) is 0.560.